The van der Waals surface area contributed by atoms with Crippen LogP contribution in [0.5, 0.6) is 11.5 Å². The average molecular weight is 435 g/mol. The number of fused-ring (bicyclic) bond motifs is 1. The molecule has 0 bridgehead atoms. The number of nitrogens with zero attached hydrogens (tertiary/aromatic N) is 4. The number of nitro benzene ring substituents is 1. The predicted molar refractivity (Wildman–Crippen MR) is 115 cm³/mol. The van der Waals surface area contributed by atoms with Gasteiger partial charge in [-0.1, -0.05) is 18.2 Å². The molecule has 0 radical (unpaired) electrons. The molecule has 0 spiro atoms. The Labute approximate surface area is 184 Å². The van der Waals surface area contributed by atoms with Gasteiger partial charge in [-0.25, -0.2) is 0 Å². The maximum Gasteiger partial charge on any atom is 0.292 e. The first-order valence-corrected chi connectivity index (χ1v) is 10.0. The molecule has 0 atom stereocenters. The van der Waals surface area contributed by atoms with Crippen LogP contribution in [0.3, 0.4) is 0 Å². The van der Waals surface area contributed by atoms with Gasteiger partial charge < -0.3 is 19.7 Å². The maximum absolute atomic E-state index is 12.5. The number of nitriles is 1. The molecule has 32 heavy (non-hydrogen) atoms. The van der Waals surface area contributed by atoms with E-state index in [9.17, 15) is 20.2 Å². The molecule has 10 heteroatoms. The number of nitro groups is 1. The predicted octanol–water partition coefficient (Wildman–Crippen LogP) is 2.49. The van der Waals surface area contributed by atoms with Crippen molar-refractivity contribution < 1.29 is 19.2 Å². The standard InChI is InChI=1S/C22H21N5O5/c23-12-17(22(28)24-18-3-1-2-4-19(18)27(29)30)14-26-9-7-25(8-10-26)13-16-5-6-20-21(11-16)32-15-31-20/h1-6,11,14H,7-10,13,15H2,(H,24,28)/b17-14-. The first kappa shape index (κ1) is 21.1. The number of anilines is 1. The zero-order chi connectivity index (χ0) is 22.5. The van der Waals surface area contributed by atoms with Crippen molar-refractivity contribution in [2.75, 3.05) is 38.3 Å². The molecule has 10 nitrogen and oxygen atoms in total. The van der Waals surface area contributed by atoms with E-state index < -0.39 is 10.8 Å². The Kier molecular flexibility index (Phi) is 6.19. The average Bonchev–Trinajstić information content (AvgIpc) is 3.26. The summed E-state index contributed by atoms with van der Waals surface area (Å²) in [6, 6.07) is 13.6. The summed E-state index contributed by atoms with van der Waals surface area (Å²) in [5.41, 5.74) is 0.847. The number of nitrogens with one attached hydrogen (secondary N) is 1. The van der Waals surface area contributed by atoms with E-state index in [0.29, 0.717) is 13.1 Å². The van der Waals surface area contributed by atoms with Gasteiger partial charge in [-0.3, -0.25) is 19.8 Å². The minimum atomic E-state index is -0.676. The fraction of sp³-hybridized carbons (Fsp3) is 0.273. The van der Waals surface area contributed by atoms with Crippen molar-refractivity contribution in [2.45, 2.75) is 6.54 Å². The van der Waals surface area contributed by atoms with Gasteiger partial charge in [0, 0.05) is 45.0 Å². The van der Waals surface area contributed by atoms with Crippen molar-refractivity contribution in [1.29, 1.82) is 5.26 Å². The first-order chi connectivity index (χ1) is 15.5. The molecule has 164 valence electrons. The van der Waals surface area contributed by atoms with Crippen molar-refractivity contribution >= 4 is 17.3 Å². The smallest absolute Gasteiger partial charge is 0.292 e. The highest BCUT2D eigenvalue weighted by atomic mass is 16.7. The fourth-order valence-corrected chi connectivity index (χ4v) is 3.60. The highest BCUT2D eigenvalue weighted by Gasteiger charge is 2.21. The van der Waals surface area contributed by atoms with Crippen molar-refractivity contribution in [3.63, 3.8) is 0 Å². The largest absolute Gasteiger partial charge is 0.454 e. The van der Waals surface area contributed by atoms with E-state index >= 15 is 0 Å². The molecule has 2 aliphatic heterocycles. The lowest BCUT2D eigenvalue weighted by atomic mass is 10.1. The van der Waals surface area contributed by atoms with Crippen molar-refractivity contribution in [1.82, 2.24) is 9.80 Å². The molecule has 1 saturated heterocycles. The third-order valence-corrected chi connectivity index (χ3v) is 5.28. The van der Waals surface area contributed by atoms with E-state index in [1.807, 2.05) is 29.2 Å². The van der Waals surface area contributed by atoms with Crippen LogP contribution in [0, 0.1) is 21.4 Å². The van der Waals surface area contributed by atoms with Crippen LogP contribution in [-0.2, 0) is 11.3 Å². The lowest BCUT2D eigenvalue weighted by Crippen LogP contribution is -2.43. The zero-order valence-electron chi connectivity index (χ0n) is 17.2. The van der Waals surface area contributed by atoms with Crippen molar-refractivity contribution in [3.05, 3.63) is 69.9 Å². The molecule has 2 heterocycles. The van der Waals surface area contributed by atoms with Crippen LogP contribution in [-0.4, -0.2) is 53.6 Å². The minimum absolute atomic E-state index is 0.0530. The highest BCUT2D eigenvalue weighted by molar-refractivity contribution is 6.07. The lowest BCUT2D eigenvalue weighted by molar-refractivity contribution is -0.383. The Morgan fingerprint density at radius 2 is 1.91 bits per heavy atom. The number of benzene rings is 2. The van der Waals surface area contributed by atoms with Crippen LogP contribution < -0.4 is 14.8 Å². The summed E-state index contributed by atoms with van der Waals surface area (Å²) < 4.78 is 10.8. The van der Waals surface area contributed by atoms with Gasteiger partial charge in [-0.2, -0.15) is 5.26 Å². The molecular formula is C22H21N5O5. The molecule has 0 aliphatic carbocycles. The highest BCUT2D eigenvalue weighted by Crippen LogP contribution is 2.33. The summed E-state index contributed by atoms with van der Waals surface area (Å²) in [5, 5.41) is 23.0. The molecule has 0 unspecified atom stereocenters. The third-order valence-electron chi connectivity index (χ3n) is 5.28. The molecule has 1 fully saturated rings. The number of ether oxygens (including phenoxy) is 2. The monoisotopic (exact) mass is 435 g/mol. The second-order valence-electron chi connectivity index (χ2n) is 7.38. The summed E-state index contributed by atoms with van der Waals surface area (Å²) in [5.74, 6) is 0.837. The fourth-order valence-electron chi connectivity index (χ4n) is 3.60. The SMILES string of the molecule is N#C/C(=C/N1CCN(Cc2ccc3c(c2)OCO3)CC1)C(=O)Nc1ccccc1[N+](=O)[O-]. The summed E-state index contributed by atoms with van der Waals surface area (Å²) in [7, 11) is 0. The summed E-state index contributed by atoms with van der Waals surface area (Å²) in [4.78, 5) is 27.2. The number of para-hydroxylation sites is 2. The second-order valence-corrected chi connectivity index (χ2v) is 7.38. The molecule has 1 amide bonds. The van der Waals surface area contributed by atoms with E-state index in [4.69, 9.17) is 9.47 Å². The molecular weight excluding hydrogens is 414 g/mol. The van der Waals surface area contributed by atoms with Crippen molar-refractivity contribution in [2.24, 2.45) is 0 Å². The van der Waals surface area contributed by atoms with E-state index in [2.05, 4.69) is 10.2 Å². The van der Waals surface area contributed by atoms with Crippen LogP contribution >= 0.6 is 0 Å². The topological polar surface area (TPSA) is 121 Å². The summed E-state index contributed by atoms with van der Waals surface area (Å²) in [6.45, 7) is 3.82. The van der Waals surface area contributed by atoms with Gasteiger partial charge in [0.25, 0.3) is 11.6 Å². The number of hydrogen-bond acceptors (Lipinski definition) is 8. The van der Waals surface area contributed by atoms with E-state index in [1.165, 1.54) is 24.4 Å². The van der Waals surface area contributed by atoms with Gasteiger partial charge in [0.05, 0.1) is 4.92 Å². The Bertz CT molecular complexity index is 1100. The van der Waals surface area contributed by atoms with E-state index in [0.717, 1.165) is 36.7 Å². The Balaban J connectivity index is 1.34. The number of rotatable bonds is 6. The summed E-state index contributed by atoms with van der Waals surface area (Å²) >= 11 is 0. The maximum atomic E-state index is 12.5. The number of amides is 1. The van der Waals surface area contributed by atoms with Gasteiger partial charge in [0.15, 0.2) is 11.5 Å². The quantitative estimate of drug-likeness (QED) is 0.318. The Morgan fingerprint density at radius 3 is 2.66 bits per heavy atom. The third kappa shape index (κ3) is 4.79. The normalized spacial score (nSPS) is 15.8. The second kappa shape index (κ2) is 9.36. The number of hydrogen-bond donors (Lipinski definition) is 1. The molecule has 0 saturated carbocycles. The van der Waals surface area contributed by atoms with Crippen molar-refractivity contribution in [3.8, 4) is 17.6 Å². The lowest BCUT2D eigenvalue weighted by Gasteiger charge is -2.34. The van der Waals surface area contributed by atoms with Gasteiger partial charge in [-0.05, 0) is 23.8 Å². The number of carbonyl (C=O) groups excluding carboxylic acids is 1. The van der Waals surface area contributed by atoms with Crippen LogP contribution in [0.1, 0.15) is 5.56 Å². The van der Waals surface area contributed by atoms with Gasteiger partial charge in [0.2, 0.25) is 6.79 Å². The van der Waals surface area contributed by atoms with Crippen LogP contribution in [0.4, 0.5) is 11.4 Å². The van der Waals surface area contributed by atoms with E-state index in [1.54, 1.807) is 6.07 Å². The number of carbonyl (C=O) groups is 1. The van der Waals surface area contributed by atoms with Gasteiger partial charge >= 0.3 is 0 Å². The molecule has 2 aromatic rings. The van der Waals surface area contributed by atoms with Crippen LogP contribution in [0.25, 0.3) is 0 Å². The minimum Gasteiger partial charge on any atom is -0.454 e. The first-order valence-electron chi connectivity index (χ1n) is 10.0. The molecule has 4 rings (SSSR count). The van der Waals surface area contributed by atoms with Gasteiger partial charge in [0.1, 0.15) is 17.3 Å². The number of piperazine rings is 1. The van der Waals surface area contributed by atoms with Gasteiger partial charge in [-0.15, -0.1) is 0 Å². The molecule has 1 N–H and O–H groups in total. The van der Waals surface area contributed by atoms with Crippen LogP contribution in [0.15, 0.2) is 54.2 Å². The molecule has 2 aliphatic rings. The Morgan fingerprint density at radius 1 is 1.16 bits per heavy atom. The van der Waals surface area contributed by atoms with Crippen LogP contribution in [0.2, 0.25) is 0 Å². The summed E-state index contributed by atoms with van der Waals surface area (Å²) in [6.07, 6.45) is 1.52. The molecule has 2 aromatic carbocycles. The molecule has 0 aromatic heterocycles. The Hall–Kier alpha value is -4.10. The van der Waals surface area contributed by atoms with E-state index in [-0.39, 0.29) is 23.7 Å². The zero-order valence-corrected chi connectivity index (χ0v) is 17.2.